The van der Waals surface area contributed by atoms with Crippen molar-refractivity contribution in [3.05, 3.63) is 29.8 Å². The maximum Gasteiger partial charge on any atom is 0.175 e. The predicted molar refractivity (Wildman–Crippen MR) is 57.1 cm³/mol. The van der Waals surface area contributed by atoms with Gasteiger partial charge in [0.2, 0.25) is 0 Å². The minimum Gasteiger partial charge on any atom is -0.755 e. The zero-order valence-electron chi connectivity index (χ0n) is 7.03. The average Bonchev–Trinajstić information content (AvgIpc) is 2.16. The van der Waals surface area contributed by atoms with E-state index >= 15 is 0 Å². The van der Waals surface area contributed by atoms with Crippen LogP contribution in [0.5, 0.6) is 0 Å². The lowest BCUT2D eigenvalue weighted by Gasteiger charge is -2.11. The summed E-state index contributed by atoms with van der Waals surface area (Å²) in [5.74, 6) is -0.168. The summed E-state index contributed by atoms with van der Waals surface area (Å²) in [6, 6.07) is 6.43. The van der Waals surface area contributed by atoms with E-state index in [1.807, 2.05) is 0 Å². The molecule has 76 valence electrons. The highest BCUT2D eigenvalue weighted by atomic mass is 79.9. The molecule has 14 heavy (non-hydrogen) atoms. The highest BCUT2D eigenvalue weighted by molar-refractivity contribution is 9.09. The Balaban J connectivity index is 3.02. The Morgan fingerprint density at radius 3 is 2.71 bits per heavy atom. The maximum atomic E-state index is 11.3. The average molecular weight is 277 g/mol. The lowest BCUT2D eigenvalue weighted by molar-refractivity contribution is 0.102. The Morgan fingerprint density at radius 2 is 2.14 bits per heavy atom. The molecule has 0 aliphatic rings. The minimum atomic E-state index is -2.41. The number of rotatable bonds is 4. The van der Waals surface area contributed by atoms with E-state index in [1.54, 1.807) is 18.2 Å². The third kappa shape index (κ3) is 2.90. The van der Waals surface area contributed by atoms with Crippen molar-refractivity contribution in [2.75, 3.05) is 10.1 Å². The molecule has 0 radical (unpaired) electrons. The minimum absolute atomic E-state index is 0.164. The van der Waals surface area contributed by atoms with Crippen LogP contribution < -0.4 is 4.72 Å². The summed E-state index contributed by atoms with van der Waals surface area (Å²) in [6.07, 6.45) is 0. The van der Waals surface area contributed by atoms with Gasteiger partial charge in [0.25, 0.3) is 0 Å². The number of carbonyl (C=O) groups is 1. The van der Waals surface area contributed by atoms with E-state index in [9.17, 15) is 13.6 Å². The first-order chi connectivity index (χ1) is 6.65. The molecule has 6 heteroatoms. The van der Waals surface area contributed by atoms with Gasteiger partial charge in [-0.15, -0.1) is 0 Å². The van der Waals surface area contributed by atoms with Crippen LogP contribution in [-0.4, -0.2) is 19.9 Å². The first-order valence-electron chi connectivity index (χ1n) is 3.69. The third-order valence-corrected chi connectivity index (χ3v) is 2.44. The molecule has 4 nitrogen and oxygen atoms in total. The molecule has 1 rings (SSSR count). The second-order valence-corrected chi connectivity index (χ2v) is 3.67. The Bertz CT molecular complexity index is 369. The summed E-state index contributed by atoms with van der Waals surface area (Å²) in [5.41, 5.74) is 0.652. The second kappa shape index (κ2) is 5.23. The van der Waals surface area contributed by atoms with E-state index in [4.69, 9.17) is 0 Å². The summed E-state index contributed by atoms with van der Waals surface area (Å²) in [4.78, 5) is 11.3. The van der Waals surface area contributed by atoms with Gasteiger partial charge in [-0.2, -0.15) is 0 Å². The van der Waals surface area contributed by atoms with E-state index in [1.165, 1.54) is 6.07 Å². The van der Waals surface area contributed by atoms with Gasteiger partial charge in [-0.05, 0) is 12.1 Å². The molecule has 0 fully saturated rings. The van der Waals surface area contributed by atoms with Gasteiger partial charge < -0.3 is 9.27 Å². The van der Waals surface area contributed by atoms with Gasteiger partial charge in [0, 0.05) is 16.8 Å². The number of nitrogens with one attached hydrogen (secondary N) is 1. The number of hydrogen-bond donors (Lipinski definition) is 1. The highest BCUT2D eigenvalue weighted by Crippen LogP contribution is 2.16. The molecule has 1 N–H and O–H groups in total. The molecule has 0 aliphatic heterocycles. The van der Waals surface area contributed by atoms with Crippen LogP contribution >= 0.6 is 15.9 Å². The van der Waals surface area contributed by atoms with Gasteiger partial charge in [0.15, 0.2) is 5.78 Å². The van der Waals surface area contributed by atoms with E-state index in [0.29, 0.717) is 11.3 Å². The van der Waals surface area contributed by atoms with E-state index in [2.05, 4.69) is 20.7 Å². The van der Waals surface area contributed by atoms with Crippen molar-refractivity contribution in [3.63, 3.8) is 0 Å². The van der Waals surface area contributed by atoms with Crippen LogP contribution in [0.2, 0.25) is 0 Å². The third-order valence-electron chi connectivity index (χ3n) is 1.54. The Labute approximate surface area is 92.3 Å². The van der Waals surface area contributed by atoms with Crippen LogP contribution in [0.4, 0.5) is 5.69 Å². The van der Waals surface area contributed by atoms with Crippen LogP contribution in [0.3, 0.4) is 0 Å². The van der Waals surface area contributed by atoms with Crippen LogP contribution in [0.15, 0.2) is 24.3 Å². The Kier molecular flexibility index (Phi) is 4.24. The van der Waals surface area contributed by atoms with Gasteiger partial charge in [0.05, 0.1) is 11.0 Å². The number of Topliss-reactive ketones (excluding diaryl/α,β-unsaturated/α-hetero) is 1. The molecular formula is C8H7BrNO3S-. The summed E-state index contributed by atoms with van der Waals surface area (Å²) in [5, 5.41) is 0.164. The summed E-state index contributed by atoms with van der Waals surface area (Å²) in [7, 11) is 0. The molecule has 0 aromatic heterocycles. The van der Waals surface area contributed by atoms with Crippen LogP contribution in [-0.2, 0) is 11.3 Å². The lowest BCUT2D eigenvalue weighted by atomic mass is 10.1. The largest absolute Gasteiger partial charge is 0.755 e. The number of para-hydroxylation sites is 1. The highest BCUT2D eigenvalue weighted by Gasteiger charge is 2.08. The smallest absolute Gasteiger partial charge is 0.175 e. The number of alkyl halides is 1. The summed E-state index contributed by atoms with van der Waals surface area (Å²) < 4.78 is 23.0. The van der Waals surface area contributed by atoms with E-state index in [-0.39, 0.29) is 11.1 Å². The number of benzene rings is 1. The number of ketones is 1. The predicted octanol–water partition coefficient (Wildman–Crippen LogP) is 1.47. The molecule has 0 bridgehead atoms. The first kappa shape index (κ1) is 11.4. The van der Waals surface area contributed by atoms with Crippen molar-refractivity contribution in [1.29, 1.82) is 0 Å². The molecule has 0 saturated carbocycles. The monoisotopic (exact) mass is 276 g/mol. The van der Waals surface area contributed by atoms with Crippen LogP contribution in [0.25, 0.3) is 0 Å². The molecule has 1 aromatic rings. The maximum absolute atomic E-state index is 11.3. The zero-order valence-corrected chi connectivity index (χ0v) is 9.43. The van der Waals surface area contributed by atoms with Crippen molar-refractivity contribution in [2.24, 2.45) is 0 Å². The van der Waals surface area contributed by atoms with Crippen LogP contribution in [0.1, 0.15) is 10.4 Å². The van der Waals surface area contributed by atoms with E-state index < -0.39 is 11.3 Å². The van der Waals surface area contributed by atoms with Crippen molar-refractivity contribution in [2.45, 2.75) is 0 Å². The summed E-state index contributed by atoms with van der Waals surface area (Å²) >= 11 is 0.608. The molecule has 0 saturated heterocycles. The normalized spacial score (nSPS) is 12.1. The second-order valence-electron chi connectivity index (χ2n) is 2.44. The van der Waals surface area contributed by atoms with Gasteiger partial charge in [-0.25, -0.2) is 0 Å². The van der Waals surface area contributed by atoms with Crippen molar-refractivity contribution < 1.29 is 13.6 Å². The van der Waals surface area contributed by atoms with Crippen molar-refractivity contribution in [1.82, 2.24) is 0 Å². The SMILES string of the molecule is O=C(CBr)c1ccccc1NS(=O)[O-]. The van der Waals surface area contributed by atoms with Gasteiger partial charge in [-0.1, -0.05) is 28.1 Å². The molecule has 0 heterocycles. The van der Waals surface area contributed by atoms with Gasteiger partial charge in [-0.3, -0.25) is 9.00 Å². The van der Waals surface area contributed by atoms with Crippen molar-refractivity contribution >= 4 is 38.7 Å². The molecule has 0 aliphatic carbocycles. The number of anilines is 1. The topological polar surface area (TPSA) is 69.2 Å². The zero-order chi connectivity index (χ0) is 10.6. The number of halogens is 1. The molecular weight excluding hydrogens is 270 g/mol. The molecule has 1 atom stereocenters. The number of hydrogen-bond acceptors (Lipinski definition) is 3. The Morgan fingerprint density at radius 1 is 1.50 bits per heavy atom. The van der Waals surface area contributed by atoms with Gasteiger partial charge in [0.1, 0.15) is 0 Å². The van der Waals surface area contributed by atoms with E-state index in [0.717, 1.165) is 0 Å². The summed E-state index contributed by atoms with van der Waals surface area (Å²) in [6.45, 7) is 0. The molecule has 1 aromatic carbocycles. The standard InChI is InChI=1S/C8H8BrNO3S/c9-5-8(11)6-3-1-2-4-7(6)10-14(12)13/h1-4,10H,5H2,(H,12,13)/p-1. The fraction of sp³-hybridized carbons (Fsp3) is 0.125. The lowest BCUT2D eigenvalue weighted by Crippen LogP contribution is -2.09. The van der Waals surface area contributed by atoms with Gasteiger partial charge >= 0.3 is 0 Å². The van der Waals surface area contributed by atoms with Crippen LogP contribution in [0, 0.1) is 0 Å². The van der Waals surface area contributed by atoms with Crippen molar-refractivity contribution in [3.8, 4) is 0 Å². The molecule has 0 amide bonds. The molecule has 0 spiro atoms. The molecule has 1 unspecified atom stereocenters. The number of carbonyl (C=O) groups excluding carboxylic acids is 1. The fourth-order valence-electron chi connectivity index (χ4n) is 0.977. The first-order valence-corrected chi connectivity index (χ1v) is 5.89. The fourth-order valence-corrected chi connectivity index (χ4v) is 1.64. The Hall–Kier alpha value is -0.720. The quantitative estimate of drug-likeness (QED) is 0.514.